The molecule has 0 atom stereocenters. The van der Waals surface area contributed by atoms with E-state index in [1.54, 1.807) is 0 Å². The summed E-state index contributed by atoms with van der Waals surface area (Å²) < 4.78 is 1.04. The van der Waals surface area contributed by atoms with E-state index in [2.05, 4.69) is 27.3 Å². The first-order valence-electron chi connectivity index (χ1n) is 3.93. The molecular formula is C9H10BrCl2N. The van der Waals surface area contributed by atoms with Crippen molar-refractivity contribution in [3.63, 3.8) is 0 Å². The molecule has 0 aromatic heterocycles. The van der Waals surface area contributed by atoms with Gasteiger partial charge in [0, 0.05) is 28.5 Å². The fraction of sp³-hybridized carbons (Fsp3) is 0.333. The lowest BCUT2D eigenvalue weighted by atomic mass is 9.94. The molecule has 1 heterocycles. The first-order chi connectivity index (χ1) is 5.77. The number of hydrogen-bond donors (Lipinski definition) is 1. The van der Waals surface area contributed by atoms with Crippen molar-refractivity contribution in [1.29, 1.82) is 0 Å². The van der Waals surface area contributed by atoms with Crippen molar-refractivity contribution in [3.05, 3.63) is 33.3 Å². The lowest BCUT2D eigenvalue weighted by Crippen LogP contribution is -2.39. The molecule has 1 aromatic rings. The van der Waals surface area contributed by atoms with Crippen LogP contribution >= 0.6 is 39.9 Å². The van der Waals surface area contributed by atoms with Crippen LogP contribution in [0.2, 0.25) is 5.02 Å². The van der Waals surface area contributed by atoms with E-state index in [0.29, 0.717) is 5.92 Å². The summed E-state index contributed by atoms with van der Waals surface area (Å²) in [4.78, 5) is 0. The van der Waals surface area contributed by atoms with Crippen LogP contribution in [0.1, 0.15) is 11.5 Å². The van der Waals surface area contributed by atoms with Gasteiger partial charge in [0.1, 0.15) is 0 Å². The average Bonchev–Trinajstić information content (AvgIpc) is 1.91. The molecule has 1 fully saturated rings. The van der Waals surface area contributed by atoms with Crippen LogP contribution in [-0.4, -0.2) is 13.1 Å². The summed E-state index contributed by atoms with van der Waals surface area (Å²) in [5.41, 5.74) is 1.26. The highest BCUT2D eigenvalue weighted by Crippen LogP contribution is 2.29. The molecule has 0 radical (unpaired) electrons. The highest BCUT2D eigenvalue weighted by atomic mass is 79.9. The molecule has 0 aliphatic carbocycles. The van der Waals surface area contributed by atoms with E-state index >= 15 is 0 Å². The molecule has 4 heteroatoms. The molecular weight excluding hydrogens is 273 g/mol. The minimum absolute atomic E-state index is 0. The predicted octanol–water partition coefficient (Wildman–Crippen LogP) is 3.21. The molecule has 0 amide bonds. The molecule has 1 aliphatic heterocycles. The van der Waals surface area contributed by atoms with Crippen LogP contribution in [0.15, 0.2) is 22.7 Å². The van der Waals surface area contributed by atoms with Crippen LogP contribution in [0.25, 0.3) is 0 Å². The van der Waals surface area contributed by atoms with Gasteiger partial charge in [-0.1, -0.05) is 33.6 Å². The van der Waals surface area contributed by atoms with Crippen LogP contribution < -0.4 is 5.32 Å². The Morgan fingerprint density at radius 3 is 2.54 bits per heavy atom. The van der Waals surface area contributed by atoms with Gasteiger partial charge in [0.05, 0.1) is 0 Å². The van der Waals surface area contributed by atoms with Crippen molar-refractivity contribution in [2.75, 3.05) is 13.1 Å². The molecule has 1 N–H and O–H groups in total. The molecule has 1 saturated heterocycles. The third-order valence-electron chi connectivity index (χ3n) is 2.18. The Hall–Kier alpha value is 0.240. The Morgan fingerprint density at radius 1 is 1.38 bits per heavy atom. The van der Waals surface area contributed by atoms with Gasteiger partial charge in [-0.25, -0.2) is 0 Å². The zero-order valence-electron chi connectivity index (χ0n) is 6.89. The van der Waals surface area contributed by atoms with Gasteiger partial charge >= 0.3 is 0 Å². The maximum Gasteiger partial charge on any atom is 0.0453 e. The third kappa shape index (κ3) is 2.38. The normalized spacial score (nSPS) is 16.2. The molecule has 0 unspecified atom stereocenters. The summed E-state index contributed by atoms with van der Waals surface area (Å²) in [5, 5.41) is 4.10. The Balaban J connectivity index is 0.000000845. The molecule has 1 nitrogen and oxygen atoms in total. The van der Waals surface area contributed by atoms with Crippen molar-refractivity contribution in [1.82, 2.24) is 5.32 Å². The molecule has 0 saturated carbocycles. The number of hydrogen-bond acceptors (Lipinski definition) is 1. The van der Waals surface area contributed by atoms with Gasteiger partial charge in [0.25, 0.3) is 0 Å². The second-order valence-corrected chi connectivity index (χ2v) is 4.34. The summed E-state index contributed by atoms with van der Waals surface area (Å²) in [6, 6.07) is 6.09. The second kappa shape index (κ2) is 4.65. The topological polar surface area (TPSA) is 12.0 Å². The van der Waals surface area contributed by atoms with Gasteiger partial charge in [-0.3, -0.25) is 0 Å². The van der Waals surface area contributed by atoms with Crippen LogP contribution in [0.4, 0.5) is 0 Å². The SMILES string of the molecule is Cl.Clc1cc(Br)ccc1C1CNC1. The van der Waals surface area contributed by atoms with Crippen molar-refractivity contribution in [2.24, 2.45) is 0 Å². The summed E-state index contributed by atoms with van der Waals surface area (Å²) in [5.74, 6) is 0.616. The van der Waals surface area contributed by atoms with Gasteiger partial charge in [0.2, 0.25) is 0 Å². The molecule has 72 valence electrons. The third-order valence-corrected chi connectivity index (χ3v) is 3.00. The summed E-state index contributed by atoms with van der Waals surface area (Å²) in [6.07, 6.45) is 0. The average molecular weight is 283 g/mol. The molecule has 1 aromatic carbocycles. The van der Waals surface area contributed by atoms with Crippen molar-refractivity contribution >= 4 is 39.9 Å². The minimum atomic E-state index is 0. The number of nitrogens with one attached hydrogen (secondary N) is 1. The molecule has 1 aliphatic rings. The van der Waals surface area contributed by atoms with Gasteiger partial charge in [-0.15, -0.1) is 12.4 Å². The molecule has 2 rings (SSSR count). The lowest BCUT2D eigenvalue weighted by Gasteiger charge is -2.28. The highest BCUT2D eigenvalue weighted by molar-refractivity contribution is 9.10. The predicted molar refractivity (Wildman–Crippen MR) is 62.0 cm³/mol. The summed E-state index contributed by atoms with van der Waals surface area (Å²) in [7, 11) is 0. The molecule has 0 spiro atoms. The molecule has 0 bridgehead atoms. The van der Waals surface area contributed by atoms with E-state index in [4.69, 9.17) is 11.6 Å². The fourth-order valence-electron chi connectivity index (χ4n) is 1.34. The summed E-state index contributed by atoms with van der Waals surface area (Å²) in [6.45, 7) is 2.11. The van der Waals surface area contributed by atoms with E-state index < -0.39 is 0 Å². The number of halogens is 3. The standard InChI is InChI=1S/C9H9BrClN.ClH/c10-7-1-2-8(9(11)3-7)6-4-12-5-6;/h1-3,6,12H,4-5H2;1H. The Bertz CT molecular complexity index is 300. The minimum Gasteiger partial charge on any atom is -0.315 e. The van der Waals surface area contributed by atoms with Gasteiger partial charge in [0.15, 0.2) is 0 Å². The number of rotatable bonds is 1. The van der Waals surface area contributed by atoms with Gasteiger partial charge in [-0.05, 0) is 17.7 Å². The highest BCUT2D eigenvalue weighted by Gasteiger charge is 2.20. The van der Waals surface area contributed by atoms with Crippen LogP contribution in [-0.2, 0) is 0 Å². The van der Waals surface area contributed by atoms with E-state index in [1.165, 1.54) is 5.56 Å². The zero-order chi connectivity index (χ0) is 8.55. The van der Waals surface area contributed by atoms with E-state index in [9.17, 15) is 0 Å². The smallest absolute Gasteiger partial charge is 0.0453 e. The zero-order valence-corrected chi connectivity index (χ0v) is 10.0. The van der Waals surface area contributed by atoms with Gasteiger partial charge < -0.3 is 5.32 Å². The van der Waals surface area contributed by atoms with Crippen molar-refractivity contribution in [3.8, 4) is 0 Å². The summed E-state index contributed by atoms with van der Waals surface area (Å²) >= 11 is 9.46. The number of benzene rings is 1. The van der Waals surface area contributed by atoms with Crippen molar-refractivity contribution in [2.45, 2.75) is 5.92 Å². The largest absolute Gasteiger partial charge is 0.315 e. The quantitative estimate of drug-likeness (QED) is 0.834. The first kappa shape index (κ1) is 11.3. The lowest BCUT2D eigenvalue weighted by molar-refractivity contribution is 0.448. The Kier molecular flexibility index (Phi) is 4.05. The Labute approximate surface area is 97.4 Å². The van der Waals surface area contributed by atoms with Crippen molar-refractivity contribution < 1.29 is 0 Å². The van der Waals surface area contributed by atoms with Gasteiger partial charge in [-0.2, -0.15) is 0 Å². The van der Waals surface area contributed by atoms with E-state index in [-0.39, 0.29) is 12.4 Å². The first-order valence-corrected chi connectivity index (χ1v) is 5.10. The maximum absolute atomic E-state index is 6.08. The van der Waals surface area contributed by atoms with Crippen LogP contribution in [0, 0.1) is 0 Å². The van der Waals surface area contributed by atoms with Crippen LogP contribution in [0.3, 0.4) is 0 Å². The monoisotopic (exact) mass is 281 g/mol. The second-order valence-electron chi connectivity index (χ2n) is 3.02. The maximum atomic E-state index is 6.08. The molecule has 13 heavy (non-hydrogen) atoms. The van der Waals surface area contributed by atoms with Crippen LogP contribution in [0.5, 0.6) is 0 Å². The fourth-order valence-corrected chi connectivity index (χ4v) is 2.17. The van der Waals surface area contributed by atoms with E-state index in [0.717, 1.165) is 22.6 Å². The Morgan fingerprint density at radius 2 is 2.08 bits per heavy atom. The van der Waals surface area contributed by atoms with E-state index in [1.807, 2.05) is 12.1 Å².